The fraction of sp³-hybridized carbons (Fsp3) is 0.625. The third kappa shape index (κ3) is 3.71. The molecule has 0 spiro atoms. The van der Waals surface area contributed by atoms with Gasteiger partial charge in [-0.15, -0.1) is 0 Å². The Labute approximate surface area is 116 Å². The van der Waals surface area contributed by atoms with Crippen molar-refractivity contribution >= 4 is 0 Å². The van der Waals surface area contributed by atoms with Gasteiger partial charge in [-0.3, -0.25) is 0 Å². The second-order valence-electron chi connectivity index (χ2n) is 5.11. The van der Waals surface area contributed by atoms with Gasteiger partial charge in [-0.05, 0) is 44.4 Å². The second-order valence-corrected chi connectivity index (χ2v) is 5.11. The number of aliphatic hydroxyl groups is 1. The van der Waals surface area contributed by atoms with E-state index in [9.17, 15) is 5.11 Å². The molecule has 1 rings (SSSR count). The zero-order chi connectivity index (χ0) is 14.5. The highest BCUT2D eigenvalue weighted by Gasteiger charge is 2.35. The molecule has 19 heavy (non-hydrogen) atoms. The minimum Gasteiger partial charge on any atom is -0.491 e. The Kier molecular flexibility index (Phi) is 5.83. The SMILES string of the molecule is CCC(CC)(OC)C(O)c1ccc(OC(C)C)cc1. The number of ether oxygens (including phenoxy) is 2. The Bertz CT molecular complexity index is 358. The molecule has 0 aliphatic carbocycles. The molecule has 1 unspecified atom stereocenters. The highest BCUT2D eigenvalue weighted by molar-refractivity contribution is 5.30. The molecule has 0 radical (unpaired) electrons. The van der Waals surface area contributed by atoms with Crippen LogP contribution in [-0.2, 0) is 4.74 Å². The van der Waals surface area contributed by atoms with Gasteiger partial charge in [-0.25, -0.2) is 0 Å². The van der Waals surface area contributed by atoms with Gasteiger partial charge in [0.05, 0.1) is 11.7 Å². The maximum absolute atomic E-state index is 10.5. The first kappa shape index (κ1) is 16.0. The van der Waals surface area contributed by atoms with Crippen LogP contribution in [0, 0.1) is 0 Å². The number of hydrogen-bond donors (Lipinski definition) is 1. The molecule has 1 atom stereocenters. The fourth-order valence-electron chi connectivity index (χ4n) is 2.34. The van der Waals surface area contributed by atoms with Gasteiger partial charge < -0.3 is 14.6 Å². The van der Waals surface area contributed by atoms with Gasteiger partial charge in [0, 0.05) is 7.11 Å². The Hall–Kier alpha value is -1.06. The summed E-state index contributed by atoms with van der Waals surface area (Å²) in [6, 6.07) is 7.59. The van der Waals surface area contributed by atoms with Crippen LogP contribution in [-0.4, -0.2) is 23.9 Å². The van der Waals surface area contributed by atoms with E-state index in [0.717, 1.165) is 24.2 Å². The molecule has 3 nitrogen and oxygen atoms in total. The molecular formula is C16H26O3. The molecule has 1 aromatic carbocycles. The quantitative estimate of drug-likeness (QED) is 0.817. The van der Waals surface area contributed by atoms with Gasteiger partial charge in [-0.2, -0.15) is 0 Å². The lowest BCUT2D eigenvalue weighted by molar-refractivity contribution is -0.109. The number of aliphatic hydroxyl groups excluding tert-OH is 1. The molecule has 3 heteroatoms. The van der Waals surface area contributed by atoms with E-state index in [2.05, 4.69) is 0 Å². The number of hydrogen-bond acceptors (Lipinski definition) is 3. The standard InChI is InChI=1S/C16H26O3/c1-6-16(7-2,18-5)15(17)13-8-10-14(11-9-13)19-12(3)4/h8-12,15,17H,6-7H2,1-5H3. The van der Waals surface area contributed by atoms with Crippen LogP contribution in [0.1, 0.15) is 52.2 Å². The van der Waals surface area contributed by atoms with Crippen molar-refractivity contribution in [1.82, 2.24) is 0 Å². The van der Waals surface area contributed by atoms with Gasteiger partial charge in [0.25, 0.3) is 0 Å². The molecule has 0 saturated carbocycles. The average Bonchev–Trinajstić information content (AvgIpc) is 2.41. The van der Waals surface area contributed by atoms with Crippen LogP contribution in [0.2, 0.25) is 0 Å². The van der Waals surface area contributed by atoms with Gasteiger partial charge in [0.2, 0.25) is 0 Å². The first-order chi connectivity index (χ1) is 8.99. The normalized spacial score (nSPS) is 13.6. The first-order valence-corrected chi connectivity index (χ1v) is 6.99. The molecule has 1 N–H and O–H groups in total. The smallest absolute Gasteiger partial charge is 0.119 e. The van der Waals surface area contributed by atoms with E-state index in [1.165, 1.54) is 0 Å². The van der Waals surface area contributed by atoms with E-state index >= 15 is 0 Å². The number of methoxy groups -OCH3 is 1. The van der Waals surface area contributed by atoms with Crippen LogP contribution < -0.4 is 4.74 Å². The van der Waals surface area contributed by atoms with Crippen molar-refractivity contribution in [3.05, 3.63) is 29.8 Å². The van der Waals surface area contributed by atoms with Crippen molar-refractivity contribution in [1.29, 1.82) is 0 Å². The van der Waals surface area contributed by atoms with E-state index in [0.29, 0.717) is 0 Å². The van der Waals surface area contributed by atoms with Crippen molar-refractivity contribution in [2.75, 3.05) is 7.11 Å². The summed E-state index contributed by atoms with van der Waals surface area (Å²) in [5, 5.41) is 10.5. The Balaban J connectivity index is 2.90. The molecule has 1 aromatic rings. The van der Waals surface area contributed by atoms with Gasteiger partial charge >= 0.3 is 0 Å². The summed E-state index contributed by atoms with van der Waals surface area (Å²) in [7, 11) is 1.66. The molecular weight excluding hydrogens is 240 g/mol. The highest BCUT2D eigenvalue weighted by atomic mass is 16.5. The van der Waals surface area contributed by atoms with Crippen LogP contribution in [0.5, 0.6) is 5.75 Å². The number of rotatable bonds is 7. The molecule has 0 fully saturated rings. The lowest BCUT2D eigenvalue weighted by atomic mass is 9.86. The Morgan fingerprint density at radius 2 is 1.63 bits per heavy atom. The monoisotopic (exact) mass is 266 g/mol. The summed E-state index contributed by atoms with van der Waals surface area (Å²) >= 11 is 0. The van der Waals surface area contributed by atoms with E-state index in [-0.39, 0.29) is 6.10 Å². The topological polar surface area (TPSA) is 38.7 Å². The van der Waals surface area contributed by atoms with Gasteiger partial charge in [0.1, 0.15) is 11.9 Å². The first-order valence-electron chi connectivity index (χ1n) is 6.99. The van der Waals surface area contributed by atoms with Crippen molar-refractivity contribution in [2.45, 2.75) is 58.3 Å². The molecule has 0 aliphatic rings. The molecule has 0 aromatic heterocycles. The van der Waals surface area contributed by atoms with Crippen LogP contribution in [0.15, 0.2) is 24.3 Å². The van der Waals surface area contributed by atoms with Crippen LogP contribution in [0.3, 0.4) is 0 Å². The van der Waals surface area contributed by atoms with Crippen molar-refractivity contribution in [3.8, 4) is 5.75 Å². The summed E-state index contributed by atoms with van der Waals surface area (Å²) < 4.78 is 11.2. The molecule has 108 valence electrons. The van der Waals surface area contributed by atoms with Crippen molar-refractivity contribution in [3.63, 3.8) is 0 Å². The van der Waals surface area contributed by atoms with E-state index in [4.69, 9.17) is 9.47 Å². The zero-order valence-corrected chi connectivity index (χ0v) is 12.6. The molecule has 0 aliphatic heterocycles. The third-order valence-corrected chi connectivity index (χ3v) is 3.67. The number of benzene rings is 1. The third-order valence-electron chi connectivity index (χ3n) is 3.67. The van der Waals surface area contributed by atoms with Gasteiger partial charge in [-0.1, -0.05) is 26.0 Å². The lowest BCUT2D eigenvalue weighted by Crippen LogP contribution is -2.37. The van der Waals surface area contributed by atoms with E-state index < -0.39 is 11.7 Å². The summed E-state index contributed by atoms with van der Waals surface area (Å²) in [5.41, 5.74) is 0.349. The van der Waals surface area contributed by atoms with Gasteiger partial charge in [0.15, 0.2) is 0 Å². The predicted molar refractivity (Wildman–Crippen MR) is 77.5 cm³/mol. The maximum Gasteiger partial charge on any atom is 0.119 e. The van der Waals surface area contributed by atoms with E-state index in [1.54, 1.807) is 7.11 Å². The molecule has 0 amide bonds. The van der Waals surface area contributed by atoms with Crippen LogP contribution in [0.25, 0.3) is 0 Å². The summed E-state index contributed by atoms with van der Waals surface area (Å²) in [6.07, 6.45) is 1.07. The lowest BCUT2D eigenvalue weighted by Gasteiger charge is -2.35. The molecule has 0 bridgehead atoms. The van der Waals surface area contributed by atoms with Crippen molar-refractivity contribution < 1.29 is 14.6 Å². The average molecular weight is 266 g/mol. The Morgan fingerprint density at radius 1 is 1.11 bits per heavy atom. The summed E-state index contributed by atoms with van der Waals surface area (Å²) in [4.78, 5) is 0. The summed E-state index contributed by atoms with van der Waals surface area (Å²) in [5.74, 6) is 0.821. The minimum absolute atomic E-state index is 0.153. The van der Waals surface area contributed by atoms with Crippen LogP contribution >= 0.6 is 0 Å². The molecule has 0 heterocycles. The predicted octanol–water partition coefficient (Wildman–Crippen LogP) is 3.71. The van der Waals surface area contributed by atoms with Crippen molar-refractivity contribution in [2.24, 2.45) is 0 Å². The fourth-order valence-corrected chi connectivity index (χ4v) is 2.34. The molecule has 0 saturated heterocycles. The Morgan fingerprint density at radius 3 is 2.00 bits per heavy atom. The van der Waals surface area contributed by atoms with Crippen LogP contribution in [0.4, 0.5) is 0 Å². The minimum atomic E-state index is -0.624. The summed E-state index contributed by atoms with van der Waals surface area (Å²) in [6.45, 7) is 8.05. The largest absolute Gasteiger partial charge is 0.491 e. The highest BCUT2D eigenvalue weighted by Crippen LogP contribution is 2.35. The second kappa shape index (κ2) is 6.92. The zero-order valence-electron chi connectivity index (χ0n) is 12.6. The maximum atomic E-state index is 10.5. The van der Waals surface area contributed by atoms with E-state index in [1.807, 2.05) is 52.0 Å².